The summed E-state index contributed by atoms with van der Waals surface area (Å²) in [6.45, 7) is 2.24. The number of rotatable bonds is 4. The zero-order valence-corrected chi connectivity index (χ0v) is 10.6. The van der Waals surface area contributed by atoms with Gasteiger partial charge in [0.2, 0.25) is 0 Å². The van der Waals surface area contributed by atoms with Crippen LogP contribution in [0.3, 0.4) is 0 Å². The summed E-state index contributed by atoms with van der Waals surface area (Å²) in [4.78, 5) is 6.44. The minimum atomic E-state index is 0.254. The molecule has 1 aliphatic heterocycles. The lowest BCUT2D eigenvalue weighted by Gasteiger charge is -2.09. The molecule has 6 heteroatoms. The van der Waals surface area contributed by atoms with Crippen molar-refractivity contribution in [3.05, 3.63) is 30.2 Å². The van der Waals surface area contributed by atoms with Gasteiger partial charge in [-0.25, -0.2) is 0 Å². The number of benzene rings is 1. The average molecular weight is 260 g/mol. The lowest BCUT2D eigenvalue weighted by molar-refractivity contribution is 0.243. The fraction of sp³-hybridized carbons (Fsp3) is 0.385. The molecule has 3 rings (SSSR count). The standard InChI is InChI=1S/C13H16N4O2/c14-10-4-3-5-11(8-10)18-9-12-15-13(16-19-12)17-6-1-2-7-17/h3-5,8H,1-2,6-7,9,14H2. The van der Waals surface area contributed by atoms with Crippen LogP contribution >= 0.6 is 0 Å². The van der Waals surface area contributed by atoms with E-state index >= 15 is 0 Å². The van der Waals surface area contributed by atoms with E-state index in [1.165, 1.54) is 12.8 Å². The van der Waals surface area contributed by atoms with Crippen molar-refractivity contribution in [2.24, 2.45) is 0 Å². The van der Waals surface area contributed by atoms with Crippen molar-refractivity contribution in [2.75, 3.05) is 23.7 Å². The second-order valence-electron chi connectivity index (χ2n) is 4.54. The Morgan fingerprint density at radius 2 is 2.16 bits per heavy atom. The normalized spacial score (nSPS) is 14.8. The highest BCUT2D eigenvalue weighted by Gasteiger charge is 2.18. The number of nitrogens with two attached hydrogens (primary N) is 1. The second-order valence-corrected chi connectivity index (χ2v) is 4.54. The van der Waals surface area contributed by atoms with E-state index in [1.807, 2.05) is 18.2 Å². The molecule has 0 atom stereocenters. The van der Waals surface area contributed by atoms with Gasteiger partial charge in [-0.15, -0.1) is 0 Å². The molecule has 2 N–H and O–H groups in total. The number of anilines is 2. The highest BCUT2D eigenvalue weighted by molar-refractivity contribution is 5.43. The van der Waals surface area contributed by atoms with Crippen LogP contribution in [-0.4, -0.2) is 23.2 Å². The molecule has 1 fully saturated rings. The topological polar surface area (TPSA) is 77.4 Å². The van der Waals surface area contributed by atoms with Gasteiger partial charge in [0.25, 0.3) is 11.8 Å². The first-order valence-electron chi connectivity index (χ1n) is 6.37. The molecule has 6 nitrogen and oxygen atoms in total. The van der Waals surface area contributed by atoms with Gasteiger partial charge in [0, 0.05) is 24.8 Å². The number of nitrogens with zero attached hydrogens (tertiary/aromatic N) is 3. The van der Waals surface area contributed by atoms with Crippen LogP contribution in [-0.2, 0) is 6.61 Å². The summed E-state index contributed by atoms with van der Waals surface area (Å²) in [7, 11) is 0. The van der Waals surface area contributed by atoms with Gasteiger partial charge in [-0.2, -0.15) is 4.98 Å². The summed E-state index contributed by atoms with van der Waals surface area (Å²) < 4.78 is 10.7. The first-order valence-corrected chi connectivity index (χ1v) is 6.37. The maximum Gasteiger partial charge on any atom is 0.266 e. The van der Waals surface area contributed by atoms with Gasteiger partial charge < -0.3 is 19.9 Å². The highest BCUT2D eigenvalue weighted by atomic mass is 16.5. The molecular formula is C13H16N4O2. The molecule has 0 aliphatic carbocycles. The van der Waals surface area contributed by atoms with E-state index in [1.54, 1.807) is 6.07 Å². The van der Waals surface area contributed by atoms with Gasteiger partial charge in [0.15, 0.2) is 6.61 Å². The van der Waals surface area contributed by atoms with Crippen LogP contribution < -0.4 is 15.4 Å². The Kier molecular flexibility index (Phi) is 3.22. The van der Waals surface area contributed by atoms with Gasteiger partial charge in [0.05, 0.1) is 0 Å². The Morgan fingerprint density at radius 3 is 2.95 bits per heavy atom. The summed E-state index contributed by atoms with van der Waals surface area (Å²) in [5.41, 5.74) is 6.34. The quantitative estimate of drug-likeness (QED) is 0.845. The summed E-state index contributed by atoms with van der Waals surface area (Å²) >= 11 is 0. The fourth-order valence-corrected chi connectivity index (χ4v) is 2.10. The molecule has 0 spiro atoms. The molecule has 0 saturated carbocycles. The number of nitrogen functional groups attached to an aromatic ring is 1. The third-order valence-electron chi connectivity index (χ3n) is 3.07. The molecular weight excluding hydrogens is 244 g/mol. The lowest BCUT2D eigenvalue weighted by Crippen LogP contribution is -2.18. The summed E-state index contributed by atoms with van der Waals surface area (Å²) in [6, 6.07) is 7.25. The Balaban J connectivity index is 1.61. The first-order chi connectivity index (χ1) is 9.31. The highest BCUT2D eigenvalue weighted by Crippen LogP contribution is 2.18. The van der Waals surface area contributed by atoms with Crippen molar-refractivity contribution in [1.29, 1.82) is 0 Å². The second kappa shape index (κ2) is 5.17. The summed E-state index contributed by atoms with van der Waals surface area (Å²) in [5, 5.41) is 3.96. The molecule has 0 unspecified atom stereocenters. The van der Waals surface area contributed by atoms with Gasteiger partial charge in [-0.3, -0.25) is 0 Å². The first kappa shape index (κ1) is 11.8. The van der Waals surface area contributed by atoms with E-state index in [0.29, 0.717) is 23.3 Å². The van der Waals surface area contributed by atoms with E-state index in [9.17, 15) is 0 Å². The number of hydrogen-bond acceptors (Lipinski definition) is 6. The van der Waals surface area contributed by atoms with Crippen molar-refractivity contribution in [1.82, 2.24) is 10.1 Å². The van der Waals surface area contributed by atoms with Crippen LogP contribution in [0.15, 0.2) is 28.8 Å². The Bertz CT molecular complexity index is 549. The van der Waals surface area contributed by atoms with Gasteiger partial charge in [-0.05, 0) is 30.1 Å². The maximum atomic E-state index is 5.68. The van der Waals surface area contributed by atoms with E-state index in [4.69, 9.17) is 15.0 Å². The van der Waals surface area contributed by atoms with Crippen molar-refractivity contribution < 1.29 is 9.26 Å². The van der Waals surface area contributed by atoms with Crippen molar-refractivity contribution >= 4 is 11.6 Å². The molecule has 0 bridgehead atoms. The average Bonchev–Trinajstić information content (AvgIpc) is 3.07. The van der Waals surface area contributed by atoms with Crippen LogP contribution in [0.2, 0.25) is 0 Å². The zero-order valence-electron chi connectivity index (χ0n) is 10.6. The summed E-state index contributed by atoms with van der Waals surface area (Å²) in [5.74, 6) is 1.83. The molecule has 1 aliphatic rings. The predicted octanol–water partition coefficient (Wildman–Crippen LogP) is 1.83. The monoisotopic (exact) mass is 260 g/mol. The predicted molar refractivity (Wildman–Crippen MR) is 70.9 cm³/mol. The Labute approximate surface area is 111 Å². The van der Waals surface area contributed by atoms with Crippen LogP contribution in [0.5, 0.6) is 5.75 Å². The minimum absolute atomic E-state index is 0.254. The molecule has 1 aromatic carbocycles. The van der Waals surface area contributed by atoms with Gasteiger partial charge in [0.1, 0.15) is 5.75 Å². The van der Waals surface area contributed by atoms with Gasteiger partial charge >= 0.3 is 0 Å². The number of ether oxygens (including phenoxy) is 1. The number of hydrogen-bond donors (Lipinski definition) is 1. The lowest BCUT2D eigenvalue weighted by atomic mass is 10.3. The van der Waals surface area contributed by atoms with Gasteiger partial charge in [-0.1, -0.05) is 6.07 Å². The molecule has 100 valence electrons. The third-order valence-corrected chi connectivity index (χ3v) is 3.07. The van der Waals surface area contributed by atoms with E-state index in [2.05, 4.69) is 15.0 Å². The van der Waals surface area contributed by atoms with Crippen molar-refractivity contribution in [3.8, 4) is 5.75 Å². The van der Waals surface area contributed by atoms with Crippen molar-refractivity contribution in [2.45, 2.75) is 19.4 Å². The number of aromatic nitrogens is 2. The molecule has 0 amide bonds. The van der Waals surface area contributed by atoms with E-state index in [0.717, 1.165) is 13.1 Å². The minimum Gasteiger partial charge on any atom is -0.484 e. The molecule has 1 aromatic heterocycles. The molecule has 2 aromatic rings. The molecule has 1 saturated heterocycles. The molecule has 0 radical (unpaired) electrons. The Hall–Kier alpha value is -2.24. The van der Waals surface area contributed by atoms with Crippen LogP contribution in [0, 0.1) is 0 Å². The smallest absolute Gasteiger partial charge is 0.266 e. The molecule has 19 heavy (non-hydrogen) atoms. The molecule has 2 heterocycles. The van der Waals surface area contributed by atoms with Crippen molar-refractivity contribution in [3.63, 3.8) is 0 Å². The fourth-order valence-electron chi connectivity index (χ4n) is 2.10. The van der Waals surface area contributed by atoms with E-state index < -0.39 is 0 Å². The summed E-state index contributed by atoms with van der Waals surface area (Å²) in [6.07, 6.45) is 2.37. The zero-order chi connectivity index (χ0) is 13.1. The third kappa shape index (κ3) is 2.78. The maximum absolute atomic E-state index is 5.68. The SMILES string of the molecule is Nc1cccc(OCc2nc(N3CCCC3)no2)c1. The van der Waals surface area contributed by atoms with E-state index in [-0.39, 0.29) is 6.61 Å². The largest absolute Gasteiger partial charge is 0.484 e. The Morgan fingerprint density at radius 1 is 1.32 bits per heavy atom. The van der Waals surface area contributed by atoms with Crippen LogP contribution in [0.1, 0.15) is 18.7 Å². The van der Waals surface area contributed by atoms with Crippen LogP contribution in [0.25, 0.3) is 0 Å². The van der Waals surface area contributed by atoms with Crippen LogP contribution in [0.4, 0.5) is 11.6 Å².